The molecule has 2 saturated heterocycles. The van der Waals surface area contributed by atoms with E-state index in [1.54, 1.807) is 12.4 Å². The Morgan fingerprint density at radius 3 is 1.55 bits per heavy atom. The van der Waals surface area contributed by atoms with Gasteiger partial charge in [-0.2, -0.15) is 0 Å². The van der Waals surface area contributed by atoms with Crippen LogP contribution in [0.25, 0.3) is 0 Å². The molecule has 2 aromatic heterocycles. The highest BCUT2D eigenvalue weighted by Gasteiger charge is 2.28. The number of carbonyl (C=O) groups is 2. The summed E-state index contributed by atoms with van der Waals surface area (Å²) < 4.78 is 11.4. The molecule has 11 nitrogen and oxygen atoms in total. The van der Waals surface area contributed by atoms with Crippen molar-refractivity contribution in [1.82, 2.24) is 25.1 Å². The third kappa shape index (κ3) is 16.0. The van der Waals surface area contributed by atoms with Crippen LogP contribution in [0.1, 0.15) is 71.4 Å². The molecule has 2 atom stereocenters. The highest BCUT2D eigenvalue weighted by Crippen LogP contribution is 2.25. The Bertz CT molecular complexity index is 2290. The monoisotopic (exact) mass is 876 g/mol. The second-order valence-corrected chi connectivity index (χ2v) is 16.6. The van der Waals surface area contributed by atoms with Gasteiger partial charge < -0.3 is 25.6 Å². The zero-order chi connectivity index (χ0) is 45.6. The van der Waals surface area contributed by atoms with E-state index in [1.807, 2.05) is 115 Å². The smallest absolute Gasteiger partial charge is 0.306 e. The number of nitrogens with two attached hydrogens (primary N) is 1. The molecule has 4 aromatic carbocycles. The van der Waals surface area contributed by atoms with Crippen LogP contribution in [0.3, 0.4) is 0 Å². The molecule has 0 spiro atoms. The predicted molar refractivity (Wildman–Crippen MR) is 257 cm³/mol. The van der Waals surface area contributed by atoms with E-state index >= 15 is 0 Å². The van der Waals surface area contributed by atoms with E-state index in [2.05, 4.69) is 69.3 Å². The fraction of sp³-hybridized carbons (Fsp3) is 0.333. The predicted octanol–water partition coefficient (Wildman–Crippen LogP) is 8.69. The Morgan fingerprint density at radius 1 is 0.615 bits per heavy atom. The summed E-state index contributed by atoms with van der Waals surface area (Å²) in [6.45, 7) is 10.7. The molecule has 4 N–H and O–H groups in total. The number of likely N-dealkylation sites (tertiary alicyclic amines) is 2. The zero-order valence-electron chi connectivity index (χ0n) is 37.8. The fourth-order valence-electron chi connectivity index (χ4n) is 8.02. The molecule has 6 aromatic rings. The lowest BCUT2D eigenvalue weighted by molar-refractivity contribution is -0.143. The molecule has 2 aliphatic heterocycles. The lowest BCUT2D eigenvalue weighted by Crippen LogP contribution is -2.43. The first-order valence-electron chi connectivity index (χ1n) is 22.8. The van der Waals surface area contributed by atoms with Gasteiger partial charge >= 0.3 is 5.97 Å². The number of rotatable bonds is 15. The first-order chi connectivity index (χ1) is 31.7. The van der Waals surface area contributed by atoms with E-state index in [0.29, 0.717) is 13.2 Å². The lowest BCUT2D eigenvalue weighted by atomic mass is 9.94. The molecule has 0 aliphatic carbocycles. The molecule has 1 amide bonds. The van der Waals surface area contributed by atoms with Crippen molar-refractivity contribution in [3.63, 3.8) is 0 Å². The van der Waals surface area contributed by atoms with Crippen LogP contribution in [0.5, 0.6) is 11.5 Å². The number of piperidine rings is 2. The largest absolute Gasteiger partial charge is 0.492 e. The van der Waals surface area contributed by atoms with Crippen LogP contribution in [0.15, 0.2) is 158 Å². The number of nitrogens with zero attached hydrogens (tertiary/aromatic N) is 4. The number of nitrogens with one attached hydrogen (secondary N) is 1. The Morgan fingerprint density at radius 2 is 1.08 bits per heavy atom. The molecule has 340 valence electrons. The van der Waals surface area contributed by atoms with Gasteiger partial charge in [0, 0.05) is 31.4 Å². The molecule has 11 heteroatoms. The average Bonchev–Trinajstić information content (AvgIpc) is 3.35. The third-order valence-corrected chi connectivity index (χ3v) is 11.8. The van der Waals surface area contributed by atoms with Gasteiger partial charge in [-0.3, -0.25) is 29.4 Å². The average molecular weight is 877 g/mol. The van der Waals surface area contributed by atoms with Crippen molar-refractivity contribution in [3.8, 4) is 11.5 Å². The number of benzene rings is 4. The minimum Gasteiger partial charge on any atom is -0.492 e. The molecule has 0 bridgehead atoms. The summed E-state index contributed by atoms with van der Waals surface area (Å²) in [5.74, 6) is 1.11. The topological polar surface area (TPSA) is 143 Å². The normalized spacial score (nSPS) is 15.5. The van der Waals surface area contributed by atoms with Gasteiger partial charge in [-0.25, -0.2) is 0 Å². The second-order valence-electron chi connectivity index (χ2n) is 16.6. The number of carbonyl (C=O) groups excluding carboxylic acids is 1. The molecule has 0 radical (unpaired) electrons. The van der Waals surface area contributed by atoms with Crippen molar-refractivity contribution in [3.05, 3.63) is 192 Å². The number of hydrogen-bond acceptors (Lipinski definition) is 9. The number of aromatic nitrogens is 2. The maximum absolute atomic E-state index is 13.2. The first-order valence-corrected chi connectivity index (χ1v) is 22.8. The maximum Gasteiger partial charge on any atom is 0.306 e. The van der Waals surface area contributed by atoms with Crippen LogP contribution in [-0.2, 0) is 9.59 Å². The van der Waals surface area contributed by atoms with Crippen LogP contribution < -0.4 is 20.5 Å². The molecule has 65 heavy (non-hydrogen) atoms. The van der Waals surface area contributed by atoms with Gasteiger partial charge in [0.05, 0.1) is 29.4 Å². The van der Waals surface area contributed by atoms with Gasteiger partial charge in [0.25, 0.3) is 0 Å². The van der Waals surface area contributed by atoms with Gasteiger partial charge in [0.2, 0.25) is 5.91 Å². The first kappa shape index (κ1) is 48.1. The molecule has 2 unspecified atom stereocenters. The number of carboxylic acids is 1. The summed E-state index contributed by atoms with van der Waals surface area (Å²) in [6, 6.07) is 47.4. The Hall–Kier alpha value is -6.40. The summed E-state index contributed by atoms with van der Waals surface area (Å²) in [5.41, 5.74) is 12.5. The SMILES string of the molecule is Cc1cccc(C(N)c2ccccn2)c1.Cc1cccc(C(NC(=O)C2CCN(CCOc3ccccc3)CC2)c2ccccn2)c1.O=C(O)C1CCN(CCOc2ccccc2)CC1. The minimum absolute atomic E-state index is 0.0253. The van der Waals surface area contributed by atoms with E-state index in [4.69, 9.17) is 20.3 Å². The Labute approximate surface area is 384 Å². The maximum atomic E-state index is 13.2. The Kier molecular flexibility index (Phi) is 19.1. The van der Waals surface area contributed by atoms with Crippen LogP contribution >= 0.6 is 0 Å². The van der Waals surface area contributed by atoms with Crippen LogP contribution in [0.2, 0.25) is 0 Å². The van der Waals surface area contributed by atoms with E-state index in [-0.39, 0.29) is 29.8 Å². The van der Waals surface area contributed by atoms with Crippen molar-refractivity contribution >= 4 is 11.9 Å². The van der Waals surface area contributed by atoms with E-state index in [9.17, 15) is 9.59 Å². The van der Waals surface area contributed by atoms with Crippen molar-refractivity contribution in [2.24, 2.45) is 17.6 Å². The minimum atomic E-state index is -0.657. The molecule has 2 aliphatic rings. The summed E-state index contributed by atoms with van der Waals surface area (Å²) in [4.78, 5) is 37.4. The van der Waals surface area contributed by atoms with Gasteiger partial charge in [-0.1, -0.05) is 108 Å². The molecule has 4 heterocycles. The number of hydrogen-bond donors (Lipinski definition) is 3. The molecular weight excluding hydrogens is 813 g/mol. The number of pyridine rings is 2. The third-order valence-electron chi connectivity index (χ3n) is 11.8. The summed E-state index contributed by atoms with van der Waals surface area (Å²) >= 11 is 0. The number of ether oxygens (including phenoxy) is 2. The fourth-order valence-corrected chi connectivity index (χ4v) is 8.02. The van der Waals surface area contributed by atoms with Crippen LogP contribution in [-0.4, -0.2) is 89.2 Å². The number of amides is 1. The van der Waals surface area contributed by atoms with Crippen LogP contribution in [0, 0.1) is 25.7 Å². The molecule has 0 saturated carbocycles. The van der Waals surface area contributed by atoms with Crippen molar-refractivity contribution in [2.45, 2.75) is 51.6 Å². The van der Waals surface area contributed by atoms with Crippen LogP contribution in [0.4, 0.5) is 0 Å². The quantitative estimate of drug-likeness (QED) is 0.0918. The zero-order valence-corrected chi connectivity index (χ0v) is 37.8. The number of carboxylic acid groups (broad SMARTS) is 1. The number of para-hydroxylation sites is 2. The van der Waals surface area contributed by atoms with Crippen molar-refractivity contribution in [2.75, 3.05) is 52.5 Å². The van der Waals surface area contributed by atoms with Gasteiger partial charge in [-0.05, 0) is 125 Å². The lowest BCUT2D eigenvalue weighted by Gasteiger charge is -2.32. The second kappa shape index (κ2) is 25.8. The van der Waals surface area contributed by atoms with Gasteiger partial charge in [0.1, 0.15) is 24.7 Å². The van der Waals surface area contributed by atoms with Gasteiger partial charge in [-0.15, -0.1) is 0 Å². The van der Waals surface area contributed by atoms with Gasteiger partial charge in [0.15, 0.2) is 0 Å². The summed E-state index contributed by atoms with van der Waals surface area (Å²) in [5, 5.41) is 12.2. The van der Waals surface area contributed by atoms with E-state index < -0.39 is 5.97 Å². The number of aliphatic carboxylic acids is 1. The molecule has 2 fully saturated rings. The summed E-state index contributed by atoms with van der Waals surface area (Å²) in [7, 11) is 0. The highest BCUT2D eigenvalue weighted by molar-refractivity contribution is 5.79. The number of aryl methyl sites for hydroxylation is 2. The van der Waals surface area contributed by atoms with Crippen molar-refractivity contribution in [1.29, 1.82) is 0 Å². The van der Waals surface area contributed by atoms with E-state index in [0.717, 1.165) is 99.0 Å². The molecular formula is C54H64N6O5. The standard InChI is InChI=1S/C27H31N3O2.C14H19NO3.C13H14N2/c1-21-8-7-9-23(20-21)26(25-12-5-6-15-28-25)29-27(31)22-13-16-30(17-14-22)18-19-32-24-10-3-2-4-11-24;16-14(17)12-6-8-15(9-7-12)10-11-18-13-4-2-1-3-5-13;1-10-5-4-6-11(9-10)13(14)12-7-2-3-8-15-12/h2-12,15,20,22,26H,13-14,16-19H2,1H3,(H,29,31);1-5,12H,6-11H2,(H,16,17);2-9,13H,14H2,1H3. The Balaban J connectivity index is 0.000000178. The summed E-state index contributed by atoms with van der Waals surface area (Å²) in [6.07, 6.45) is 6.77. The van der Waals surface area contributed by atoms with E-state index in [1.165, 1.54) is 11.1 Å². The van der Waals surface area contributed by atoms with Crippen molar-refractivity contribution < 1.29 is 24.2 Å². The molecule has 8 rings (SSSR count). The highest BCUT2D eigenvalue weighted by atomic mass is 16.5.